The molecule has 4 rings (SSSR count). The number of amides is 1. The fourth-order valence-corrected chi connectivity index (χ4v) is 4.07. The van der Waals surface area contributed by atoms with Crippen molar-refractivity contribution in [1.29, 1.82) is 0 Å². The number of fused-ring (bicyclic) bond motifs is 1. The average Bonchev–Trinajstić information content (AvgIpc) is 3.35. The zero-order valence-corrected chi connectivity index (χ0v) is 15.0. The van der Waals surface area contributed by atoms with Gasteiger partial charge < -0.3 is 14.6 Å². The Morgan fingerprint density at radius 3 is 3.12 bits per heavy atom. The molecule has 2 aromatic heterocycles. The van der Waals surface area contributed by atoms with E-state index in [9.17, 15) is 4.79 Å². The molecule has 2 aliphatic heterocycles. The van der Waals surface area contributed by atoms with Crippen molar-refractivity contribution in [3.8, 4) is 0 Å². The molecule has 0 aromatic carbocycles. The molecule has 1 N–H and O–H groups in total. The van der Waals surface area contributed by atoms with Crippen molar-refractivity contribution in [1.82, 2.24) is 25.0 Å². The first-order valence-corrected chi connectivity index (χ1v) is 9.74. The molecule has 1 atom stereocenters. The van der Waals surface area contributed by atoms with Gasteiger partial charge in [-0.15, -0.1) is 10.2 Å². The summed E-state index contributed by atoms with van der Waals surface area (Å²) in [7, 11) is 0. The molecule has 2 aliphatic rings. The molecule has 2 aromatic rings. The molecular formula is C17H23N5O2S. The Hall–Kier alpha value is -1.77. The van der Waals surface area contributed by atoms with E-state index in [4.69, 9.17) is 4.74 Å². The van der Waals surface area contributed by atoms with Crippen LogP contribution >= 0.6 is 11.3 Å². The van der Waals surface area contributed by atoms with Crippen molar-refractivity contribution in [3.63, 3.8) is 0 Å². The van der Waals surface area contributed by atoms with Crippen LogP contribution in [0.2, 0.25) is 0 Å². The van der Waals surface area contributed by atoms with Gasteiger partial charge in [0.15, 0.2) is 5.82 Å². The second-order valence-electron chi connectivity index (χ2n) is 6.62. The normalized spacial score (nSPS) is 21.0. The average molecular weight is 361 g/mol. The summed E-state index contributed by atoms with van der Waals surface area (Å²) in [6.45, 7) is 5.45. The Labute approximate surface area is 151 Å². The predicted octanol–water partition coefficient (Wildman–Crippen LogP) is 1.05. The molecule has 1 saturated heterocycles. The molecule has 0 radical (unpaired) electrons. The van der Waals surface area contributed by atoms with Crippen LogP contribution in [0.15, 0.2) is 16.8 Å². The van der Waals surface area contributed by atoms with Crippen LogP contribution in [-0.2, 0) is 35.6 Å². The van der Waals surface area contributed by atoms with Gasteiger partial charge in [0.05, 0.1) is 19.1 Å². The second-order valence-corrected chi connectivity index (χ2v) is 7.40. The van der Waals surface area contributed by atoms with Crippen molar-refractivity contribution >= 4 is 17.2 Å². The second kappa shape index (κ2) is 7.63. The fourth-order valence-electron chi connectivity index (χ4n) is 3.41. The molecule has 1 fully saturated rings. The zero-order chi connectivity index (χ0) is 17.1. The van der Waals surface area contributed by atoms with Gasteiger partial charge in [-0.2, -0.15) is 11.3 Å². The molecular weight excluding hydrogens is 338 g/mol. The summed E-state index contributed by atoms with van der Waals surface area (Å²) in [6, 6.07) is 2.18. The van der Waals surface area contributed by atoms with E-state index < -0.39 is 0 Å². The van der Waals surface area contributed by atoms with Gasteiger partial charge in [0.1, 0.15) is 5.82 Å². The lowest BCUT2D eigenvalue weighted by Crippen LogP contribution is -2.32. The Morgan fingerprint density at radius 2 is 2.32 bits per heavy atom. The van der Waals surface area contributed by atoms with E-state index in [0.29, 0.717) is 19.8 Å². The van der Waals surface area contributed by atoms with E-state index >= 15 is 0 Å². The third kappa shape index (κ3) is 3.91. The van der Waals surface area contributed by atoms with Crippen LogP contribution < -0.4 is 5.32 Å². The minimum absolute atomic E-state index is 0.0207. The first-order valence-electron chi connectivity index (χ1n) is 8.79. The maximum Gasteiger partial charge on any atom is 0.225 e. The number of nitrogens with zero attached hydrogens (tertiary/aromatic N) is 4. The van der Waals surface area contributed by atoms with Gasteiger partial charge in [-0.3, -0.25) is 9.69 Å². The summed E-state index contributed by atoms with van der Waals surface area (Å²) in [5, 5.41) is 15.9. The highest BCUT2D eigenvalue weighted by atomic mass is 32.1. The van der Waals surface area contributed by atoms with Gasteiger partial charge in [0, 0.05) is 39.2 Å². The Bertz CT molecular complexity index is 709. The smallest absolute Gasteiger partial charge is 0.225 e. The van der Waals surface area contributed by atoms with Crippen LogP contribution in [0, 0.1) is 5.92 Å². The van der Waals surface area contributed by atoms with Crippen LogP contribution in [-0.4, -0.2) is 51.9 Å². The number of nitrogens with one attached hydrogen (secondary N) is 1. The first kappa shape index (κ1) is 16.7. The Balaban J connectivity index is 1.34. The van der Waals surface area contributed by atoms with Crippen LogP contribution in [0.25, 0.3) is 0 Å². The van der Waals surface area contributed by atoms with Crippen molar-refractivity contribution in [2.24, 2.45) is 5.92 Å². The van der Waals surface area contributed by atoms with E-state index in [2.05, 4.69) is 41.8 Å². The van der Waals surface area contributed by atoms with E-state index in [1.165, 1.54) is 5.56 Å². The SMILES string of the molecule is O=C(NCc1nnc2n1CCN(Cc1ccsc1)CC2)C1CCOC1. The molecule has 0 saturated carbocycles. The number of ether oxygens (including phenoxy) is 1. The maximum atomic E-state index is 12.2. The van der Waals surface area contributed by atoms with Crippen LogP contribution in [0.4, 0.5) is 0 Å². The van der Waals surface area contributed by atoms with Crippen molar-refractivity contribution in [2.45, 2.75) is 32.5 Å². The first-order chi connectivity index (χ1) is 12.3. The summed E-state index contributed by atoms with van der Waals surface area (Å²) in [5.74, 6) is 1.90. The quantitative estimate of drug-likeness (QED) is 0.862. The van der Waals surface area contributed by atoms with E-state index in [1.807, 2.05) is 0 Å². The third-order valence-electron chi connectivity index (χ3n) is 4.90. The minimum Gasteiger partial charge on any atom is -0.381 e. The molecule has 25 heavy (non-hydrogen) atoms. The predicted molar refractivity (Wildman–Crippen MR) is 94.1 cm³/mol. The zero-order valence-electron chi connectivity index (χ0n) is 14.2. The van der Waals surface area contributed by atoms with Crippen LogP contribution in [0.1, 0.15) is 23.6 Å². The number of hydrogen-bond donors (Lipinski definition) is 1. The minimum atomic E-state index is -0.0207. The Kier molecular flexibility index (Phi) is 5.09. The van der Waals surface area contributed by atoms with E-state index in [0.717, 1.165) is 50.7 Å². The van der Waals surface area contributed by atoms with Crippen LogP contribution in [0.3, 0.4) is 0 Å². The topological polar surface area (TPSA) is 72.3 Å². The number of hydrogen-bond acceptors (Lipinski definition) is 6. The van der Waals surface area contributed by atoms with Crippen LogP contribution in [0.5, 0.6) is 0 Å². The van der Waals surface area contributed by atoms with Gasteiger partial charge in [0.25, 0.3) is 0 Å². The molecule has 8 heteroatoms. The standard InChI is InChI=1S/C17H23N5O2S/c23-17(14-2-7-24-11-14)18-9-16-20-19-15-1-4-21(5-6-22(15)16)10-13-3-8-25-12-13/h3,8,12,14H,1-2,4-7,9-11H2,(H,18,23). The van der Waals surface area contributed by atoms with E-state index in [1.54, 1.807) is 11.3 Å². The number of rotatable bonds is 5. The highest BCUT2D eigenvalue weighted by Gasteiger charge is 2.24. The molecule has 1 unspecified atom stereocenters. The van der Waals surface area contributed by atoms with Gasteiger partial charge >= 0.3 is 0 Å². The molecule has 4 heterocycles. The van der Waals surface area contributed by atoms with Gasteiger partial charge in [0.2, 0.25) is 5.91 Å². The highest BCUT2D eigenvalue weighted by molar-refractivity contribution is 7.07. The van der Waals surface area contributed by atoms with Crippen molar-refractivity contribution in [2.75, 3.05) is 26.3 Å². The number of carbonyl (C=O) groups is 1. The molecule has 134 valence electrons. The molecule has 1 amide bonds. The summed E-state index contributed by atoms with van der Waals surface area (Å²) in [5.41, 5.74) is 1.37. The Morgan fingerprint density at radius 1 is 1.36 bits per heavy atom. The van der Waals surface area contributed by atoms with Crippen molar-refractivity contribution < 1.29 is 9.53 Å². The summed E-state index contributed by atoms with van der Waals surface area (Å²) in [6.07, 6.45) is 1.70. The van der Waals surface area contributed by atoms with Gasteiger partial charge in [-0.1, -0.05) is 0 Å². The largest absolute Gasteiger partial charge is 0.381 e. The fraction of sp³-hybridized carbons (Fsp3) is 0.588. The monoisotopic (exact) mass is 361 g/mol. The third-order valence-corrected chi connectivity index (χ3v) is 5.64. The lowest BCUT2D eigenvalue weighted by Gasteiger charge is -2.18. The summed E-state index contributed by atoms with van der Waals surface area (Å²) >= 11 is 1.74. The molecule has 0 bridgehead atoms. The highest BCUT2D eigenvalue weighted by Crippen LogP contribution is 2.15. The maximum absolute atomic E-state index is 12.2. The van der Waals surface area contributed by atoms with Gasteiger partial charge in [-0.05, 0) is 28.8 Å². The lowest BCUT2D eigenvalue weighted by atomic mass is 10.1. The summed E-state index contributed by atoms with van der Waals surface area (Å²) in [4.78, 5) is 14.6. The van der Waals surface area contributed by atoms with Gasteiger partial charge in [-0.25, -0.2) is 0 Å². The van der Waals surface area contributed by atoms with E-state index in [-0.39, 0.29) is 11.8 Å². The number of aromatic nitrogens is 3. The summed E-state index contributed by atoms with van der Waals surface area (Å²) < 4.78 is 7.44. The number of carbonyl (C=O) groups excluding carboxylic acids is 1. The molecule has 0 spiro atoms. The van der Waals surface area contributed by atoms with Crippen molar-refractivity contribution in [3.05, 3.63) is 34.0 Å². The molecule has 7 nitrogen and oxygen atoms in total. The lowest BCUT2D eigenvalue weighted by molar-refractivity contribution is -0.125. The number of thiophene rings is 1. The molecule has 0 aliphatic carbocycles.